The zero-order valence-corrected chi connectivity index (χ0v) is 15.8. The molecule has 1 aromatic rings. The minimum atomic E-state index is -1.14. The van der Waals surface area contributed by atoms with Crippen LogP contribution in [-0.4, -0.2) is 42.3 Å². The molecule has 2 atom stereocenters. The highest BCUT2D eigenvalue weighted by molar-refractivity contribution is 5.84. The zero-order chi connectivity index (χ0) is 19.7. The third-order valence-corrected chi connectivity index (χ3v) is 4.63. The number of esters is 1. The molecule has 0 saturated carbocycles. The minimum absolute atomic E-state index is 0.226. The maximum Gasteiger partial charge on any atom is 0.410 e. The number of methoxy groups -OCH3 is 1. The molecule has 144 valence electrons. The highest BCUT2D eigenvalue weighted by Gasteiger charge is 2.48. The van der Waals surface area contributed by atoms with Gasteiger partial charge in [0.1, 0.15) is 5.60 Å². The smallest absolute Gasteiger partial charge is 0.410 e. The molecule has 2 rings (SSSR count). The molecule has 0 spiro atoms. The van der Waals surface area contributed by atoms with Gasteiger partial charge in [0, 0.05) is 12.6 Å². The van der Waals surface area contributed by atoms with Crippen LogP contribution in [-0.2, 0) is 19.7 Å². The highest BCUT2D eigenvalue weighted by atomic mass is 19.2. The Hall–Kier alpha value is -2.18. The molecule has 1 heterocycles. The molecule has 1 aromatic carbocycles. The number of piperidine rings is 1. The molecular formula is C19H25F2NO4. The van der Waals surface area contributed by atoms with Gasteiger partial charge >= 0.3 is 12.1 Å². The van der Waals surface area contributed by atoms with Crippen LogP contribution >= 0.6 is 0 Å². The molecule has 1 aliphatic rings. The number of benzene rings is 1. The van der Waals surface area contributed by atoms with Crippen molar-refractivity contribution in [3.8, 4) is 0 Å². The standard InChI is InChI=1S/C19H25F2NO4/c1-12-11-19(16(23)25-5,13-6-7-14(20)15(21)10-13)8-9-22(12)17(24)26-18(2,3)4/h6-7,10,12H,8-9,11H2,1-5H3/t12-,19-/m0/s1. The average molecular weight is 369 g/mol. The van der Waals surface area contributed by atoms with Crippen molar-refractivity contribution >= 4 is 12.1 Å². The number of hydrogen-bond donors (Lipinski definition) is 0. The number of carbonyl (C=O) groups excluding carboxylic acids is 2. The lowest BCUT2D eigenvalue weighted by molar-refractivity contribution is -0.150. The highest BCUT2D eigenvalue weighted by Crippen LogP contribution is 2.40. The van der Waals surface area contributed by atoms with E-state index in [0.29, 0.717) is 5.56 Å². The normalized spacial score (nSPS) is 23.5. The molecule has 1 fully saturated rings. The van der Waals surface area contributed by atoms with E-state index in [0.717, 1.165) is 12.1 Å². The fourth-order valence-electron chi connectivity index (χ4n) is 3.39. The Morgan fingerprint density at radius 2 is 1.88 bits per heavy atom. The average Bonchev–Trinajstić information content (AvgIpc) is 2.54. The van der Waals surface area contributed by atoms with Gasteiger partial charge in [0.05, 0.1) is 12.5 Å². The van der Waals surface area contributed by atoms with Crippen molar-refractivity contribution in [2.75, 3.05) is 13.7 Å². The van der Waals surface area contributed by atoms with Crippen molar-refractivity contribution in [3.63, 3.8) is 0 Å². The summed E-state index contributed by atoms with van der Waals surface area (Å²) in [6.45, 7) is 7.36. The molecule has 5 nitrogen and oxygen atoms in total. The number of amides is 1. The van der Waals surface area contributed by atoms with E-state index >= 15 is 0 Å². The van der Waals surface area contributed by atoms with Crippen LogP contribution in [0.3, 0.4) is 0 Å². The number of ether oxygens (including phenoxy) is 2. The molecule has 1 saturated heterocycles. The lowest BCUT2D eigenvalue weighted by Gasteiger charge is -2.44. The predicted molar refractivity (Wildman–Crippen MR) is 91.7 cm³/mol. The lowest BCUT2D eigenvalue weighted by atomic mass is 9.70. The molecule has 26 heavy (non-hydrogen) atoms. The van der Waals surface area contributed by atoms with E-state index in [4.69, 9.17) is 9.47 Å². The maximum absolute atomic E-state index is 13.7. The SMILES string of the molecule is COC(=O)[C@@]1(c2ccc(F)c(F)c2)CCN(C(=O)OC(C)(C)C)[C@@H](C)C1. The predicted octanol–water partition coefficient (Wildman–Crippen LogP) is 3.80. The van der Waals surface area contributed by atoms with Crippen LogP contribution in [0.2, 0.25) is 0 Å². The van der Waals surface area contributed by atoms with Crippen LogP contribution < -0.4 is 0 Å². The largest absolute Gasteiger partial charge is 0.468 e. The first kappa shape index (κ1) is 20.1. The second-order valence-electron chi connectivity index (χ2n) is 7.68. The van der Waals surface area contributed by atoms with Gasteiger partial charge in [0.15, 0.2) is 11.6 Å². The summed E-state index contributed by atoms with van der Waals surface area (Å²) in [5.41, 5.74) is -1.42. The summed E-state index contributed by atoms with van der Waals surface area (Å²) in [6, 6.07) is 3.08. The van der Waals surface area contributed by atoms with Crippen molar-refractivity contribution in [1.82, 2.24) is 4.90 Å². The van der Waals surface area contributed by atoms with Gasteiger partial charge in [0.2, 0.25) is 0 Å². The second kappa shape index (κ2) is 7.21. The summed E-state index contributed by atoms with van der Waals surface area (Å²) < 4.78 is 37.4. The number of rotatable bonds is 2. The van der Waals surface area contributed by atoms with Crippen LogP contribution in [0.15, 0.2) is 18.2 Å². The molecule has 0 aromatic heterocycles. The van der Waals surface area contributed by atoms with E-state index in [1.807, 2.05) is 0 Å². The Morgan fingerprint density at radius 1 is 1.23 bits per heavy atom. The molecule has 0 N–H and O–H groups in total. The molecular weight excluding hydrogens is 344 g/mol. The van der Waals surface area contributed by atoms with E-state index in [9.17, 15) is 18.4 Å². The summed E-state index contributed by atoms with van der Waals surface area (Å²) in [6.07, 6.45) is -0.00745. The summed E-state index contributed by atoms with van der Waals surface area (Å²) in [5.74, 6) is -2.53. The Morgan fingerprint density at radius 3 is 2.38 bits per heavy atom. The van der Waals surface area contributed by atoms with Gasteiger partial charge in [-0.15, -0.1) is 0 Å². The molecule has 0 aliphatic carbocycles. The first-order chi connectivity index (χ1) is 12.0. The van der Waals surface area contributed by atoms with Crippen molar-refractivity contribution in [2.45, 2.75) is 57.6 Å². The van der Waals surface area contributed by atoms with E-state index in [1.54, 1.807) is 32.6 Å². The van der Waals surface area contributed by atoms with Gasteiger partial charge in [-0.2, -0.15) is 0 Å². The minimum Gasteiger partial charge on any atom is -0.468 e. The molecule has 1 amide bonds. The Balaban J connectivity index is 2.32. The molecule has 1 aliphatic heterocycles. The number of halogens is 2. The molecule has 0 bridgehead atoms. The fourth-order valence-corrected chi connectivity index (χ4v) is 3.39. The van der Waals surface area contributed by atoms with Crippen molar-refractivity contribution in [1.29, 1.82) is 0 Å². The number of carbonyl (C=O) groups is 2. The van der Waals surface area contributed by atoms with E-state index < -0.39 is 34.7 Å². The summed E-state index contributed by atoms with van der Waals surface area (Å²) >= 11 is 0. The van der Waals surface area contributed by atoms with Crippen molar-refractivity contribution in [3.05, 3.63) is 35.4 Å². The van der Waals surface area contributed by atoms with Crippen LogP contribution in [0.5, 0.6) is 0 Å². The van der Waals surface area contributed by atoms with Crippen LogP contribution in [0.25, 0.3) is 0 Å². The summed E-state index contributed by atoms with van der Waals surface area (Å²) in [4.78, 5) is 26.5. The first-order valence-electron chi connectivity index (χ1n) is 8.54. The van der Waals surface area contributed by atoms with Crippen LogP contribution in [0.1, 0.15) is 46.1 Å². The Labute approximate surface area is 152 Å². The Kier molecular flexibility index (Phi) is 5.58. The fraction of sp³-hybridized carbons (Fsp3) is 0.579. The quantitative estimate of drug-likeness (QED) is 0.744. The third-order valence-electron chi connectivity index (χ3n) is 4.63. The zero-order valence-electron chi connectivity index (χ0n) is 15.8. The van der Waals surface area contributed by atoms with Gasteiger partial charge in [-0.1, -0.05) is 6.07 Å². The van der Waals surface area contributed by atoms with Gasteiger partial charge in [-0.25, -0.2) is 13.6 Å². The van der Waals surface area contributed by atoms with Gasteiger partial charge < -0.3 is 14.4 Å². The first-order valence-corrected chi connectivity index (χ1v) is 8.54. The molecule has 7 heteroatoms. The number of likely N-dealkylation sites (tertiary alicyclic amines) is 1. The van der Waals surface area contributed by atoms with Gasteiger partial charge in [0.25, 0.3) is 0 Å². The van der Waals surface area contributed by atoms with Gasteiger partial charge in [-0.05, 0) is 58.2 Å². The summed E-state index contributed by atoms with van der Waals surface area (Å²) in [5, 5.41) is 0. The summed E-state index contributed by atoms with van der Waals surface area (Å²) in [7, 11) is 1.26. The number of nitrogens with zero attached hydrogens (tertiary/aromatic N) is 1. The molecule has 0 radical (unpaired) electrons. The lowest BCUT2D eigenvalue weighted by Crippen LogP contribution is -2.54. The van der Waals surface area contributed by atoms with E-state index in [2.05, 4.69) is 0 Å². The van der Waals surface area contributed by atoms with E-state index in [-0.39, 0.29) is 25.4 Å². The van der Waals surface area contributed by atoms with Crippen LogP contribution in [0, 0.1) is 11.6 Å². The monoisotopic (exact) mass is 369 g/mol. The van der Waals surface area contributed by atoms with Crippen molar-refractivity contribution < 1.29 is 27.8 Å². The second-order valence-corrected chi connectivity index (χ2v) is 7.68. The van der Waals surface area contributed by atoms with Gasteiger partial charge in [-0.3, -0.25) is 4.79 Å². The maximum atomic E-state index is 13.7. The van der Waals surface area contributed by atoms with Crippen LogP contribution in [0.4, 0.5) is 13.6 Å². The van der Waals surface area contributed by atoms with Crippen molar-refractivity contribution in [2.24, 2.45) is 0 Å². The number of hydrogen-bond acceptors (Lipinski definition) is 4. The topological polar surface area (TPSA) is 55.8 Å². The third kappa shape index (κ3) is 3.97. The van der Waals surface area contributed by atoms with E-state index in [1.165, 1.54) is 13.2 Å². The Bertz CT molecular complexity index is 701. The molecule has 0 unspecified atom stereocenters.